The highest BCUT2D eigenvalue weighted by Gasteiger charge is 2.19. The maximum Gasteiger partial charge on any atom is 0.161 e. The molecule has 1 aromatic rings. The van der Waals surface area contributed by atoms with Gasteiger partial charge in [0.25, 0.3) is 0 Å². The largest absolute Gasteiger partial charge is 0.334 e. The molecule has 0 fully saturated rings. The molecule has 0 bridgehead atoms. The van der Waals surface area contributed by atoms with E-state index in [1.54, 1.807) is 11.8 Å². The van der Waals surface area contributed by atoms with Crippen LogP contribution in [0.4, 0.5) is 5.69 Å². The molecule has 1 aliphatic heterocycles. The minimum atomic E-state index is 0.443. The molecule has 1 heterocycles. The number of thioether (sulfide) groups is 1. The molecule has 1 unspecified atom stereocenters. The summed E-state index contributed by atoms with van der Waals surface area (Å²) in [7, 11) is 0. The zero-order chi connectivity index (χ0) is 13.1. The predicted octanol–water partition coefficient (Wildman–Crippen LogP) is 4.87. The quantitative estimate of drug-likeness (QED) is 0.723. The lowest BCUT2D eigenvalue weighted by Gasteiger charge is -2.23. The third-order valence-corrected chi connectivity index (χ3v) is 4.93. The lowest BCUT2D eigenvalue weighted by Crippen LogP contribution is -2.24. The van der Waals surface area contributed by atoms with Crippen LogP contribution in [0, 0.1) is 9.49 Å². The molecule has 1 aliphatic rings. The molecule has 98 valence electrons. The summed E-state index contributed by atoms with van der Waals surface area (Å²) in [4.78, 5) is 4.77. The van der Waals surface area contributed by atoms with Crippen LogP contribution >= 0.6 is 46.0 Å². The first-order valence-corrected chi connectivity index (χ1v) is 8.43. The van der Waals surface area contributed by atoms with Crippen molar-refractivity contribution >= 4 is 56.8 Å². The van der Waals surface area contributed by atoms with Gasteiger partial charge in [-0.15, -0.1) is 0 Å². The van der Waals surface area contributed by atoms with Gasteiger partial charge < -0.3 is 5.32 Å². The lowest BCUT2D eigenvalue weighted by molar-refractivity contribution is 0.485. The van der Waals surface area contributed by atoms with E-state index in [0.717, 1.165) is 25.2 Å². The Balaban J connectivity index is 2.13. The van der Waals surface area contributed by atoms with E-state index in [2.05, 4.69) is 41.8 Å². The molecule has 2 nitrogen and oxygen atoms in total. The third kappa shape index (κ3) is 3.78. The Hall–Kier alpha value is 0.0600. The van der Waals surface area contributed by atoms with Gasteiger partial charge in [-0.1, -0.05) is 37.2 Å². The van der Waals surface area contributed by atoms with Gasteiger partial charge >= 0.3 is 0 Å². The average molecular weight is 395 g/mol. The topological polar surface area (TPSA) is 24.4 Å². The van der Waals surface area contributed by atoms with Gasteiger partial charge in [-0.2, -0.15) is 0 Å². The average Bonchev–Trinajstić information content (AvgIpc) is 2.33. The van der Waals surface area contributed by atoms with E-state index in [0.29, 0.717) is 12.0 Å². The molecule has 0 aromatic heterocycles. The number of amidine groups is 1. The maximum atomic E-state index is 5.96. The minimum absolute atomic E-state index is 0.443. The van der Waals surface area contributed by atoms with Crippen LogP contribution in [-0.4, -0.2) is 17.0 Å². The summed E-state index contributed by atoms with van der Waals surface area (Å²) < 4.78 is 1.12. The van der Waals surface area contributed by atoms with Gasteiger partial charge in [0.1, 0.15) is 0 Å². The molecule has 1 atom stereocenters. The SMILES string of the molecule is CC(C)C1CCSC(Nc2ccc(Cl)cc2I)=N1. The highest BCUT2D eigenvalue weighted by molar-refractivity contribution is 14.1. The Morgan fingerprint density at radius 2 is 2.28 bits per heavy atom. The van der Waals surface area contributed by atoms with Gasteiger partial charge in [0.15, 0.2) is 5.17 Å². The summed E-state index contributed by atoms with van der Waals surface area (Å²) >= 11 is 10.0. The van der Waals surface area contributed by atoms with Crippen LogP contribution < -0.4 is 5.32 Å². The fourth-order valence-electron chi connectivity index (χ4n) is 1.79. The molecule has 1 N–H and O–H groups in total. The number of rotatable bonds is 2. The van der Waals surface area contributed by atoms with Gasteiger partial charge in [-0.05, 0) is 53.1 Å². The first-order valence-electron chi connectivity index (χ1n) is 5.99. The molecule has 0 spiro atoms. The lowest BCUT2D eigenvalue weighted by atomic mass is 10.0. The number of hydrogen-bond acceptors (Lipinski definition) is 3. The second-order valence-corrected chi connectivity index (χ2v) is 7.31. The molecule has 5 heteroatoms. The van der Waals surface area contributed by atoms with Crippen molar-refractivity contribution in [1.29, 1.82) is 0 Å². The monoisotopic (exact) mass is 394 g/mol. The second kappa shape index (κ2) is 6.48. The first kappa shape index (κ1) is 14.5. The number of halogens is 2. The first-order chi connectivity index (χ1) is 8.56. The smallest absolute Gasteiger partial charge is 0.161 e. The summed E-state index contributed by atoms with van der Waals surface area (Å²) in [6, 6.07) is 6.31. The van der Waals surface area contributed by atoms with E-state index in [4.69, 9.17) is 16.6 Å². The number of aliphatic imine (C=N–C) groups is 1. The van der Waals surface area contributed by atoms with Gasteiger partial charge in [-0.25, -0.2) is 0 Å². The number of benzene rings is 1. The second-order valence-electron chi connectivity index (χ2n) is 4.63. The van der Waals surface area contributed by atoms with Crippen molar-refractivity contribution in [2.45, 2.75) is 26.3 Å². The molecule has 0 saturated carbocycles. The molecule has 0 aliphatic carbocycles. The van der Waals surface area contributed by atoms with Crippen LogP contribution in [0.5, 0.6) is 0 Å². The zero-order valence-electron chi connectivity index (χ0n) is 10.4. The molecule has 0 amide bonds. The van der Waals surface area contributed by atoms with Gasteiger partial charge in [0.05, 0.1) is 11.7 Å². The number of nitrogens with zero attached hydrogens (tertiary/aromatic N) is 1. The minimum Gasteiger partial charge on any atom is -0.334 e. The van der Waals surface area contributed by atoms with Crippen LogP contribution in [0.15, 0.2) is 23.2 Å². The van der Waals surface area contributed by atoms with E-state index < -0.39 is 0 Å². The molecule has 18 heavy (non-hydrogen) atoms. The summed E-state index contributed by atoms with van der Waals surface area (Å²) in [5.74, 6) is 1.74. The Kier molecular flexibility index (Phi) is 5.21. The van der Waals surface area contributed by atoms with Crippen molar-refractivity contribution in [3.63, 3.8) is 0 Å². The van der Waals surface area contributed by atoms with Crippen molar-refractivity contribution in [2.24, 2.45) is 10.9 Å². The Bertz CT molecular complexity index is 462. The van der Waals surface area contributed by atoms with E-state index in [1.807, 2.05) is 18.2 Å². The summed E-state index contributed by atoms with van der Waals surface area (Å²) in [6.07, 6.45) is 1.17. The van der Waals surface area contributed by atoms with Gasteiger partial charge in [-0.3, -0.25) is 4.99 Å². The van der Waals surface area contributed by atoms with Crippen molar-refractivity contribution < 1.29 is 0 Å². The van der Waals surface area contributed by atoms with E-state index in [9.17, 15) is 0 Å². The van der Waals surface area contributed by atoms with Crippen LogP contribution in [0.1, 0.15) is 20.3 Å². The predicted molar refractivity (Wildman–Crippen MR) is 90.9 cm³/mol. The molecule has 2 rings (SSSR count). The van der Waals surface area contributed by atoms with E-state index in [-0.39, 0.29) is 0 Å². The summed E-state index contributed by atoms with van der Waals surface area (Å²) in [5.41, 5.74) is 1.08. The summed E-state index contributed by atoms with van der Waals surface area (Å²) in [5, 5.41) is 5.20. The fraction of sp³-hybridized carbons (Fsp3) is 0.462. The molecule has 0 radical (unpaired) electrons. The molecule has 1 aromatic carbocycles. The number of hydrogen-bond donors (Lipinski definition) is 1. The van der Waals surface area contributed by atoms with Crippen molar-refractivity contribution in [3.8, 4) is 0 Å². The summed E-state index contributed by atoms with van der Waals surface area (Å²) in [6.45, 7) is 4.46. The van der Waals surface area contributed by atoms with Gasteiger partial charge in [0.2, 0.25) is 0 Å². The van der Waals surface area contributed by atoms with E-state index >= 15 is 0 Å². The highest BCUT2D eigenvalue weighted by Crippen LogP contribution is 2.27. The maximum absolute atomic E-state index is 5.96. The Labute approximate surface area is 131 Å². The van der Waals surface area contributed by atoms with Crippen molar-refractivity contribution in [1.82, 2.24) is 0 Å². The van der Waals surface area contributed by atoms with Crippen LogP contribution in [-0.2, 0) is 0 Å². The highest BCUT2D eigenvalue weighted by atomic mass is 127. The van der Waals surface area contributed by atoms with Crippen molar-refractivity contribution in [2.75, 3.05) is 11.1 Å². The molecular formula is C13H16ClIN2S. The van der Waals surface area contributed by atoms with Crippen LogP contribution in [0.25, 0.3) is 0 Å². The third-order valence-electron chi connectivity index (χ3n) is 2.88. The standard InChI is InChI=1S/C13H16ClIN2S/c1-8(2)11-5-6-18-13(16-11)17-12-4-3-9(14)7-10(12)15/h3-4,7-8,11H,5-6H2,1-2H3,(H,16,17). The van der Waals surface area contributed by atoms with Crippen molar-refractivity contribution in [3.05, 3.63) is 26.8 Å². The number of anilines is 1. The normalized spacial score (nSPS) is 19.8. The van der Waals surface area contributed by atoms with Gasteiger partial charge in [0, 0.05) is 14.3 Å². The zero-order valence-corrected chi connectivity index (χ0v) is 14.1. The van der Waals surface area contributed by atoms with E-state index in [1.165, 1.54) is 6.42 Å². The Morgan fingerprint density at radius 3 is 2.94 bits per heavy atom. The fourth-order valence-corrected chi connectivity index (χ4v) is 3.74. The van der Waals surface area contributed by atoms with Crippen LogP contribution in [0.2, 0.25) is 5.02 Å². The molecular weight excluding hydrogens is 379 g/mol. The van der Waals surface area contributed by atoms with Crippen LogP contribution in [0.3, 0.4) is 0 Å². The Morgan fingerprint density at radius 1 is 1.50 bits per heavy atom. The number of nitrogens with one attached hydrogen (secondary N) is 1. The molecule has 0 saturated heterocycles.